The standard InChI is InChI=1S/C17H18BrNO2/c1-8-4-5-9(2)16-13(8)14(17(20)21)12-7-11(18)6-10(3)15(12)19-16/h6-9H,4-5H2,1-3H3,(H,20,21). The summed E-state index contributed by atoms with van der Waals surface area (Å²) in [5, 5.41) is 10.5. The van der Waals surface area contributed by atoms with Crippen LogP contribution >= 0.6 is 15.9 Å². The number of benzene rings is 1. The van der Waals surface area contributed by atoms with Crippen LogP contribution in [0, 0.1) is 6.92 Å². The highest BCUT2D eigenvalue weighted by Gasteiger charge is 2.30. The van der Waals surface area contributed by atoms with Gasteiger partial charge in [-0.1, -0.05) is 29.8 Å². The molecule has 0 fully saturated rings. The van der Waals surface area contributed by atoms with E-state index in [4.69, 9.17) is 4.98 Å². The third-order valence-electron chi connectivity index (χ3n) is 4.52. The van der Waals surface area contributed by atoms with Crippen LogP contribution in [0.1, 0.15) is 65.7 Å². The molecule has 1 aliphatic carbocycles. The summed E-state index contributed by atoms with van der Waals surface area (Å²) in [5.74, 6) is -0.280. The predicted molar refractivity (Wildman–Crippen MR) is 87.2 cm³/mol. The average molecular weight is 348 g/mol. The Kier molecular flexibility index (Phi) is 3.52. The summed E-state index contributed by atoms with van der Waals surface area (Å²) in [4.78, 5) is 16.8. The van der Waals surface area contributed by atoms with Gasteiger partial charge in [0, 0.05) is 15.6 Å². The van der Waals surface area contributed by atoms with Crippen LogP contribution in [-0.4, -0.2) is 16.1 Å². The number of carbonyl (C=O) groups is 1. The minimum Gasteiger partial charge on any atom is -0.478 e. The first-order valence-corrected chi connectivity index (χ1v) is 8.06. The van der Waals surface area contributed by atoms with Crippen LogP contribution in [0.2, 0.25) is 0 Å². The highest BCUT2D eigenvalue weighted by molar-refractivity contribution is 9.10. The highest BCUT2D eigenvalue weighted by Crippen LogP contribution is 2.42. The number of aromatic nitrogens is 1. The number of fused-ring (bicyclic) bond motifs is 2. The lowest BCUT2D eigenvalue weighted by Gasteiger charge is -2.29. The first kappa shape index (κ1) is 14.5. The fourth-order valence-electron chi connectivity index (χ4n) is 3.41. The molecular formula is C17H18BrNO2. The molecule has 1 aromatic carbocycles. The maximum atomic E-state index is 11.9. The van der Waals surface area contributed by atoms with Crippen molar-refractivity contribution in [2.24, 2.45) is 0 Å². The molecule has 1 aliphatic rings. The molecule has 21 heavy (non-hydrogen) atoms. The van der Waals surface area contributed by atoms with Gasteiger partial charge < -0.3 is 5.11 Å². The van der Waals surface area contributed by atoms with Gasteiger partial charge in [0.2, 0.25) is 0 Å². The molecule has 2 unspecified atom stereocenters. The van der Waals surface area contributed by atoms with Gasteiger partial charge in [-0.15, -0.1) is 0 Å². The van der Waals surface area contributed by atoms with E-state index in [0.29, 0.717) is 11.5 Å². The monoisotopic (exact) mass is 347 g/mol. The molecule has 0 spiro atoms. The lowest BCUT2D eigenvalue weighted by Crippen LogP contribution is -2.18. The van der Waals surface area contributed by atoms with Crippen LogP contribution in [0.25, 0.3) is 10.9 Å². The average Bonchev–Trinajstić information content (AvgIpc) is 2.41. The lowest BCUT2D eigenvalue weighted by molar-refractivity contribution is 0.0696. The maximum Gasteiger partial charge on any atom is 0.336 e. The molecule has 0 amide bonds. The summed E-state index contributed by atoms with van der Waals surface area (Å²) in [5.41, 5.74) is 4.18. The summed E-state index contributed by atoms with van der Waals surface area (Å²) in [6, 6.07) is 3.87. The Bertz CT molecular complexity index is 754. The van der Waals surface area contributed by atoms with Crippen molar-refractivity contribution >= 4 is 32.8 Å². The Morgan fingerprint density at radius 1 is 1.29 bits per heavy atom. The van der Waals surface area contributed by atoms with Gasteiger partial charge in [0.1, 0.15) is 0 Å². The zero-order valence-electron chi connectivity index (χ0n) is 12.4. The molecule has 3 nitrogen and oxygen atoms in total. The van der Waals surface area contributed by atoms with E-state index in [9.17, 15) is 9.90 Å². The second-order valence-corrected chi connectivity index (χ2v) is 7.00. The van der Waals surface area contributed by atoms with Gasteiger partial charge in [0.15, 0.2) is 0 Å². The third kappa shape index (κ3) is 2.26. The van der Waals surface area contributed by atoms with E-state index in [0.717, 1.165) is 45.0 Å². The van der Waals surface area contributed by atoms with Crippen molar-refractivity contribution < 1.29 is 9.90 Å². The zero-order valence-corrected chi connectivity index (χ0v) is 14.0. The van der Waals surface area contributed by atoms with Crippen molar-refractivity contribution in [3.8, 4) is 0 Å². The van der Waals surface area contributed by atoms with Crippen molar-refractivity contribution in [3.63, 3.8) is 0 Å². The van der Waals surface area contributed by atoms with E-state index in [-0.39, 0.29) is 5.92 Å². The van der Waals surface area contributed by atoms with E-state index in [1.54, 1.807) is 0 Å². The Morgan fingerprint density at radius 2 is 1.95 bits per heavy atom. The molecule has 110 valence electrons. The Balaban J connectivity index is 2.50. The molecular weight excluding hydrogens is 330 g/mol. The molecule has 0 aliphatic heterocycles. The molecule has 0 saturated carbocycles. The van der Waals surface area contributed by atoms with Gasteiger partial charge in [-0.3, -0.25) is 4.98 Å². The fourth-order valence-corrected chi connectivity index (χ4v) is 3.99. The summed E-state index contributed by atoms with van der Waals surface area (Å²) in [6.45, 7) is 6.23. The SMILES string of the molecule is Cc1cc(Br)cc2c(C(=O)O)c3c(nc12)C(C)CCC3C. The molecule has 2 aromatic rings. The normalized spacial score (nSPS) is 21.3. The predicted octanol–water partition coefficient (Wildman–Crippen LogP) is 5.00. The number of carboxylic acids is 1. The van der Waals surface area contributed by atoms with E-state index < -0.39 is 5.97 Å². The molecule has 1 heterocycles. The van der Waals surface area contributed by atoms with E-state index in [1.807, 2.05) is 19.1 Å². The first-order chi connectivity index (χ1) is 9.90. The van der Waals surface area contributed by atoms with Crippen molar-refractivity contribution in [1.29, 1.82) is 0 Å². The van der Waals surface area contributed by atoms with Gasteiger partial charge in [0.05, 0.1) is 11.1 Å². The number of hydrogen-bond donors (Lipinski definition) is 1. The molecule has 2 atom stereocenters. The summed E-state index contributed by atoms with van der Waals surface area (Å²) in [6.07, 6.45) is 2.09. The molecule has 3 rings (SSSR count). The van der Waals surface area contributed by atoms with Gasteiger partial charge in [0.25, 0.3) is 0 Å². The van der Waals surface area contributed by atoms with Crippen LogP contribution in [0.5, 0.6) is 0 Å². The van der Waals surface area contributed by atoms with Crippen LogP contribution < -0.4 is 0 Å². The quantitative estimate of drug-likeness (QED) is 0.789. The number of nitrogens with zero attached hydrogens (tertiary/aromatic N) is 1. The zero-order chi connectivity index (χ0) is 15.3. The molecule has 4 heteroatoms. The molecule has 0 radical (unpaired) electrons. The van der Waals surface area contributed by atoms with Crippen molar-refractivity contribution in [3.05, 3.63) is 39.0 Å². The minimum atomic E-state index is -0.850. The fraction of sp³-hybridized carbons (Fsp3) is 0.412. The Labute approximate surface area is 132 Å². The first-order valence-electron chi connectivity index (χ1n) is 7.27. The van der Waals surface area contributed by atoms with Crippen LogP contribution in [-0.2, 0) is 0 Å². The number of aryl methyl sites for hydroxylation is 1. The second kappa shape index (κ2) is 5.09. The molecule has 1 N–H and O–H groups in total. The number of rotatable bonds is 1. The summed E-state index contributed by atoms with van der Waals surface area (Å²) < 4.78 is 0.897. The van der Waals surface area contributed by atoms with E-state index >= 15 is 0 Å². The van der Waals surface area contributed by atoms with Crippen LogP contribution in [0.3, 0.4) is 0 Å². The van der Waals surface area contributed by atoms with E-state index in [2.05, 4.69) is 29.8 Å². The second-order valence-electron chi connectivity index (χ2n) is 6.09. The smallest absolute Gasteiger partial charge is 0.336 e. The molecule has 1 aromatic heterocycles. The summed E-state index contributed by atoms with van der Waals surface area (Å²) in [7, 11) is 0. The van der Waals surface area contributed by atoms with Crippen LogP contribution in [0.15, 0.2) is 16.6 Å². The Morgan fingerprint density at radius 3 is 2.62 bits per heavy atom. The van der Waals surface area contributed by atoms with Gasteiger partial charge in [-0.05, 0) is 54.9 Å². The largest absolute Gasteiger partial charge is 0.478 e. The number of halogens is 1. The number of carboxylic acid groups (broad SMARTS) is 1. The Hall–Kier alpha value is -1.42. The lowest BCUT2D eigenvalue weighted by atomic mass is 9.78. The number of hydrogen-bond acceptors (Lipinski definition) is 2. The van der Waals surface area contributed by atoms with E-state index in [1.165, 1.54) is 0 Å². The maximum absolute atomic E-state index is 11.9. The van der Waals surface area contributed by atoms with Gasteiger partial charge >= 0.3 is 5.97 Å². The third-order valence-corrected chi connectivity index (χ3v) is 4.98. The molecule has 0 saturated heterocycles. The van der Waals surface area contributed by atoms with Crippen molar-refractivity contribution in [2.45, 2.75) is 45.4 Å². The summed E-state index contributed by atoms with van der Waals surface area (Å²) >= 11 is 3.47. The number of pyridine rings is 1. The topological polar surface area (TPSA) is 50.2 Å². The van der Waals surface area contributed by atoms with Gasteiger partial charge in [-0.2, -0.15) is 0 Å². The number of aromatic carboxylic acids is 1. The molecule has 0 bridgehead atoms. The highest BCUT2D eigenvalue weighted by atomic mass is 79.9. The van der Waals surface area contributed by atoms with Gasteiger partial charge in [-0.25, -0.2) is 4.79 Å². The van der Waals surface area contributed by atoms with Crippen molar-refractivity contribution in [2.75, 3.05) is 0 Å². The minimum absolute atomic E-state index is 0.249. The van der Waals surface area contributed by atoms with Crippen LogP contribution in [0.4, 0.5) is 0 Å². The van der Waals surface area contributed by atoms with Crippen molar-refractivity contribution in [1.82, 2.24) is 4.98 Å².